The summed E-state index contributed by atoms with van der Waals surface area (Å²) in [6.07, 6.45) is 6.10. The maximum Gasteiger partial charge on any atom is 0.259 e. The molecule has 1 aromatic carbocycles. The summed E-state index contributed by atoms with van der Waals surface area (Å²) in [6, 6.07) is 11.7. The minimum Gasteiger partial charge on any atom is -0.355 e. The molecular weight excluding hydrogens is 382 g/mol. The molecule has 1 fully saturated rings. The van der Waals surface area contributed by atoms with Gasteiger partial charge in [-0.05, 0) is 42.3 Å². The third-order valence-corrected chi connectivity index (χ3v) is 5.07. The Balaban J connectivity index is 1.55. The fourth-order valence-corrected chi connectivity index (χ4v) is 3.47. The Morgan fingerprint density at radius 1 is 1.20 bits per heavy atom. The van der Waals surface area contributed by atoms with Crippen LogP contribution in [0, 0.1) is 0 Å². The van der Waals surface area contributed by atoms with Crippen LogP contribution >= 0.6 is 15.9 Å². The lowest BCUT2D eigenvalue weighted by molar-refractivity contribution is 0.0791. The predicted molar refractivity (Wildman–Crippen MR) is 97.1 cm³/mol. The van der Waals surface area contributed by atoms with E-state index in [9.17, 15) is 4.79 Å². The Bertz CT molecular complexity index is 877. The van der Waals surface area contributed by atoms with Crippen molar-refractivity contribution in [1.82, 2.24) is 15.0 Å². The molecule has 0 spiro atoms. The second-order valence-corrected chi connectivity index (χ2v) is 7.01. The van der Waals surface area contributed by atoms with E-state index in [0.717, 1.165) is 23.0 Å². The van der Waals surface area contributed by atoms with Crippen molar-refractivity contribution in [3.8, 4) is 11.3 Å². The average molecular weight is 398 g/mol. The Kier molecular flexibility index (Phi) is 4.36. The summed E-state index contributed by atoms with van der Waals surface area (Å²) in [5.74, 6) is 0.807. The van der Waals surface area contributed by atoms with Crippen LogP contribution in [0.2, 0.25) is 0 Å². The smallest absolute Gasteiger partial charge is 0.259 e. The quantitative estimate of drug-likeness (QED) is 0.666. The van der Waals surface area contributed by atoms with Gasteiger partial charge >= 0.3 is 0 Å². The second-order valence-electron chi connectivity index (χ2n) is 6.10. The number of nitrogens with zero attached hydrogens (tertiary/aromatic N) is 3. The van der Waals surface area contributed by atoms with E-state index in [1.165, 1.54) is 11.8 Å². The Labute approximate surface area is 153 Å². The fourth-order valence-electron chi connectivity index (χ4n) is 3.21. The van der Waals surface area contributed by atoms with Crippen LogP contribution in [0.4, 0.5) is 0 Å². The molecule has 1 aliphatic rings. The van der Waals surface area contributed by atoms with Gasteiger partial charge < -0.3 is 9.42 Å². The summed E-state index contributed by atoms with van der Waals surface area (Å²) in [5.41, 5.74) is 2.53. The van der Waals surface area contributed by atoms with Gasteiger partial charge in [0.05, 0.1) is 6.20 Å². The van der Waals surface area contributed by atoms with E-state index in [1.54, 1.807) is 6.20 Å². The maximum absolute atomic E-state index is 12.9. The highest BCUT2D eigenvalue weighted by atomic mass is 79.9. The Morgan fingerprint density at radius 3 is 2.80 bits per heavy atom. The van der Waals surface area contributed by atoms with Crippen LogP contribution in [0.5, 0.6) is 0 Å². The number of rotatable bonds is 3. The van der Waals surface area contributed by atoms with Crippen LogP contribution in [0.15, 0.2) is 64.0 Å². The summed E-state index contributed by atoms with van der Waals surface area (Å²) in [7, 11) is 0. The van der Waals surface area contributed by atoms with Crippen LogP contribution in [0.25, 0.3) is 11.3 Å². The van der Waals surface area contributed by atoms with E-state index < -0.39 is 0 Å². The summed E-state index contributed by atoms with van der Waals surface area (Å²) in [5, 5.41) is 3.85. The lowest BCUT2D eigenvalue weighted by atomic mass is 10.0. The number of amides is 1. The molecular formula is C19H16BrN3O2. The number of hydrogen-bond donors (Lipinski definition) is 0. The highest BCUT2D eigenvalue weighted by molar-refractivity contribution is 9.10. The molecule has 5 nitrogen and oxygen atoms in total. The van der Waals surface area contributed by atoms with Gasteiger partial charge in [0, 0.05) is 41.4 Å². The van der Waals surface area contributed by atoms with E-state index in [0.29, 0.717) is 23.8 Å². The molecule has 0 radical (unpaired) electrons. The molecule has 0 aliphatic carbocycles. The number of benzene rings is 1. The number of hydrogen-bond acceptors (Lipinski definition) is 4. The predicted octanol–water partition coefficient (Wildman–Crippen LogP) is 4.13. The number of likely N-dealkylation sites (tertiary alicyclic amines) is 1. The van der Waals surface area contributed by atoms with Crippen LogP contribution < -0.4 is 0 Å². The monoisotopic (exact) mass is 397 g/mol. The first-order chi connectivity index (χ1) is 12.2. The molecule has 0 unspecified atom stereocenters. The molecule has 0 saturated carbocycles. The molecule has 1 aliphatic heterocycles. The maximum atomic E-state index is 12.9. The molecule has 6 heteroatoms. The zero-order valence-corrected chi connectivity index (χ0v) is 15.0. The number of pyridine rings is 1. The van der Waals surface area contributed by atoms with E-state index in [-0.39, 0.29) is 5.91 Å². The van der Waals surface area contributed by atoms with Gasteiger partial charge in [0.2, 0.25) is 0 Å². The molecule has 2 aromatic heterocycles. The first-order valence-corrected chi connectivity index (χ1v) is 8.91. The van der Waals surface area contributed by atoms with Crippen molar-refractivity contribution in [1.29, 1.82) is 0 Å². The van der Waals surface area contributed by atoms with Gasteiger partial charge in [-0.2, -0.15) is 0 Å². The third kappa shape index (κ3) is 3.22. The lowest BCUT2D eigenvalue weighted by Gasteiger charge is -2.16. The van der Waals surface area contributed by atoms with Crippen molar-refractivity contribution >= 4 is 21.8 Å². The van der Waals surface area contributed by atoms with Gasteiger partial charge in [-0.15, -0.1) is 0 Å². The molecule has 1 atom stereocenters. The first-order valence-electron chi connectivity index (χ1n) is 8.12. The van der Waals surface area contributed by atoms with Crippen LogP contribution in [-0.2, 0) is 0 Å². The van der Waals surface area contributed by atoms with Gasteiger partial charge in [-0.3, -0.25) is 9.78 Å². The molecule has 1 amide bonds. The van der Waals surface area contributed by atoms with Crippen molar-refractivity contribution in [3.63, 3.8) is 0 Å². The topological polar surface area (TPSA) is 59.2 Å². The van der Waals surface area contributed by atoms with Crippen LogP contribution in [0.1, 0.15) is 28.3 Å². The van der Waals surface area contributed by atoms with Crippen molar-refractivity contribution in [2.75, 3.05) is 13.1 Å². The second kappa shape index (κ2) is 6.80. The summed E-state index contributed by atoms with van der Waals surface area (Å²) < 4.78 is 6.33. The summed E-state index contributed by atoms with van der Waals surface area (Å²) >= 11 is 3.41. The minimum atomic E-state index is -0.0365. The van der Waals surface area contributed by atoms with Gasteiger partial charge in [0.1, 0.15) is 5.56 Å². The number of halogens is 1. The SMILES string of the molecule is O=C(c1cnoc1-c1ccc(Br)cc1)N1CC[C@H](c2cccnc2)C1. The molecule has 0 N–H and O–H groups in total. The van der Waals surface area contributed by atoms with Crippen molar-refractivity contribution in [3.05, 3.63) is 70.6 Å². The minimum absolute atomic E-state index is 0.0365. The molecule has 25 heavy (non-hydrogen) atoms. The molecule has 0 bridgehead atoms. The highest BCUT2D eigenvalue weighted by Crippen LogP contribution is 2.30. The van der Waals surface area contributed by atoms with Crippen molar-refractivity contribution < 1.29 is 9.32 Å². The number of aromatic nitrogens is 2. The molecule has 1 saturated heterocycles. The summed E-state index contributed by atoms with van der Waals surface area (Å²) in [6.45, 7) is 1.42. The lowest BCUT2D eigenvalue weighted by Crippen LogP contribution is -2.28. The summed E-state index contributed by atoms with van der Waals surface area (Å²) in [4.78, 5) is 19.0. The van der Waals surface area contributed by atoms with Crippen molar-refractivity contribution in [2.24, 2.45) is 0 Å². The molecule has 4 rings (SSSR count). The first kappa shape index (κ1) is 16.0. The van der Waals surface area contributed by atoms with E-state index in [4.69, 9.17) is 4.52 Å². The van der Waals surface area contributed by atoms with Gasteiger partial charge in [0.15, 0.2) is 5.76 Å². The zero-order chi connectivity index (χ0) is 17.2. The van der Waals surface area contributed by atoms with Gasteiger partial charge in [-0.25, -0.2) is 0 Å². The zero-order valence-electron chi connectivity index (χ0n) is 13.4. The standard InChI is InChI=1S/C19H16BrN3O2/c20-16-5-3-13(4-6-16)18-17(11-22-25-18)19(24)23-9-7-15(12-23)14-2-1-8-21-10-14/h1-6,8,10-11,15H,7,9,12H2/t15-/m0/s1. The average Bonchev–Trinajstić information content (AvgIpc) is 3.32. The Morgan fingerprint density at radius 2 is 2.04 bits per heavy atom. The Hall–Kier alpha value is -2.47. The normalized spacial score (nSPS) is 17.0. The third-order valence-electron chi connectivity index (χ3n) is 4.54. The van der Waals surface area contributed by atoms with Crippen molar-refractivity contribution in [2.45, 2.75) is 12.3 Å². The van der Waals surface area contributed by atoms with Crippen LogP contribution in [-0.4, -0.2) is 34.0 Å². The van der Waals surface area contributed by atoms with E-state index in [1.807, 2.05) is 41.4 Å². The van der Waals surface area contributed by atoms with E-state index in [2.05, 4.69) is 32.1 Å². The van der Waals surface area contributed by atoms with Gasteiger partial charge in [0.25, 0.3) is 5.91 Å². The highest BCUT2D eigenvalue weighted by Gasteiger charge is 2.30. The number of carbonyl (C=O) groups is 1. The van der Waals surface area contributed by atoms with Gasteiger partial charge in [-0.1, -0.05) is 27.2 Å². The fraction of sp³-hybridized carbons (Fsp3) is 0.211. The number of carbonyl (C=O) groups excluding carboxylic acids is 1. The molecule has 3 aromatic rings. The molecule has 3 heterocycles. The molecule has 126 valence electrons. The van der Waals surface area contributed by atoms with Crippen LogP contribution in [0.3, 0.4) is 0 Å². The largest absolute Gasteiger partial charge is 0.355 e. The van der Waals surface area contributed by atoms with E-state index >= 15 is 0 Å².